The van der Waals surface area contributed by atoms with E-state index in [4.69, 9.17) is 10.2 Å². The van der Waals surface area contributed by atoms with Gasteiger partial charge in [0.25, 0.3) is 0 Å². The Morgan fingerprint density at radius 1 is 1.24 bits per heavy atom. The maximum Gasteiger partial charge on any atom is 0.230 e. The molecule has 0 bridgehead atoms. The quantitative estimate of drug-likeness (QED) is 0.912. The van der Waals surface area contributed by atoms with Gasteiger partial charge < -0.3 is 15.1 Å². The van der Waals surface area contributed by atoms with Crippen LogP contribution in [0.2, 0.25) is 0 Å². The molecular formula is C16H25N3O2. The predicted molar refractivity (Wildman–Crippen MR) is 80.5 cm³/mol. The van der Waals surface area contributed by atoms with Crippen LogP contribution in [0.25, 0.3) is 0 Å². The molecule has 2 N–H and O–H groups in total. The Morgan fingerprint density at radius 3 is 2.52 bits per heavy atom. The zero-order valence-corrected chi connectivity index (χ0v) is 12.6. The number of carbonyl (C=O) groups is 1. The molecule has 116 valence electrons. The van der Waals surface area contributed by atoms with Gasteiger partial charge in [0.05, 0.1) is 18.2 Å². The minimum atomic E-state index is -0.261. The minimum Gasteiger partial charge on any atom is -0.468 e. The van der Waals surface area contributed by atoms with Gasteiger partial charge in [-0.15, -0.1) is 0 Å². The Bertz CT molecular complexity index is 458. The molecule has 1 amide bonds. The van der Waals surface area contributed by atoms with Crippen molar-refractivity contribution in [2.24, 2.45) is 11.1 Å². The van der Waals surface area contributed by atoms with Crippen LogP contribution < -0.4 is 5.73 Å². The number of nitrogens with two attached hydrogens (primary N) is 1. The first-order valence-electron chi connectivity index (χ1n) is 7.98. The van der Waals surface area contributed by atoms with Gasteiger partial charge in [-0.25, -0.2) is 0 Å². The minimum absolute atomic E-state index is 0.261. The average Bonchev–Trinajstić information content (AvgIpc) is 3.19. The molecule has 0 atom stereocenters. The molecule has 1 aromatic heterocycles. The predicted octanol–water partition coefficient (Wildman–Crippen LogP) is 1.44. The highest BCUT2D eigenvalue weighted by Crippen LogP contribution is 2.39. The highest BCUT2D eigenvalue weighted by Gasteiger charge is 2.42. The van der Waals surface area contributed by atoms with Gasteiger partial charge in [0.2, 0.25) is 5.91 Å². The lowest BCUT2D eigenvalue weighted by Crippen LogP contribution is -2.54. The van der Waals surface area contributed by atoms with Crippen LogP contribution in [-0.4, -0.2) is 48.4 Å². The topological polar surface area (TPSA) is 62.7 Å². The van der Waals surface area contributed by atoms with E-state index in [0.29, 0.717) is 12.5 Å². The summed E-state index contributed by atoms with van der Waals surface area (Å²) in [7, 11) is 0. The number of nitrogens with zero attached hydrogens (tertiary/aromatic N) is 2. The van der Waals surface area contributed by atoms with E-state index >= 15 is 0 Å². The second-order valence-electron chi connectivity index (χ2n) is 6.34. The normalized spacial score (nSPS) is 22.6. The lowest BCUT2D eigenvalue weighted by atomic mass is 9.84. The van der Waals surface area contributed by atoms with E-state index in [2.05, 4.69) is 4.90 Å². The molecule has 3 rings (SSSR count). The summed E-state index contributed by atoms with van der Waals surface area (Å²) in [6, 6.07) is 3.92. The maximum absolute atomic E-state index is 12.8. The van der Waals surface area contributed by atoms with Gasteiger partial charge in [-0.05, 0) is 25.0 Å². The van der Waals surface area contributed by atoms with Gasteiger partial charge in [0, 0.05) is 32.7 Å². The van der Waals surface area contributed by atoms with Crippen molar-refractivity contribution in [2.75, 3.05) is 32.7 Å². The summed E-state index contributed by atoms with van der Waals surface area (Å²) in [5.41, 5.74) is 5.66. The third kappa shape index (κ3) is 2.99. The van der Waals surface area contributed by atoms with E-state index in [-0.39, 0.29) is 5.41 Å². The third-order valence-electron chi connectivity index (χ3n) is 5.02. The Kier molecular flexibility index (Phi) is 4.31. The number of hydrogen-bond acceptors (Lipinski definition) is 4. The Hall–Kier alpha value is -1.33. The molecule has 2 fully saturated rings. The van der Waals surface area contributed by atoms with Crippen LogP contribution in [0.15, 0.2) is 22.8 Å². The number of amides is 1. The van der Waals surface area contributed by atoms with Crippen molar-refractivity contribution in [2.45, 2.75) is 32.2 Å². The number of rotatable bonds is 4. The maximum atomic E-state index is 12.8. The summed E-state index contributed by atoms with van der Waals surface area (Å²) in [5.74, 6) is 1.28. The lowest BCUT2D eigenvalue weighted by Gasteiger charge is -2.39. The number of piperazine rings is 1. The summed E-state index contributed by atoms with van der Waals surface area (Å²) in [4.78, 5) is 17.2. The monoisotopic (exact) mass is 291 g/mol. The zero-order chi connectivity index (χ0) is 14.7. The van der Waals surface area contributed by atoms with Crippen molar-refractivity contribution in [1.82, 2.24) is 9.80 Å². The molecular weight excluding hydrogens is 266 g/mol. The first kappa shape index (κ1) is 14.6. The first-order valence-corrected chi connectivity index (χ1v) is 7.98. The third-order valence-corrected chi connectivity index (χ3v) is 5.02. The molecule has 0 aromatic carbocycles. The largest absolute Gasteiger partial charge is 0.468 e. The smallest absolute Gasteiger partial charge is 0.230 e. The van der Waals surface area contributed by atoms with E-state index in [1.807, 2.05) is 17.0 Å². The number of hydrogen-bond donors (Lipinski definition) is 1. The van der Waals surface area contributed by atoms with E-state index in [9.17, 15) is 4.79 Å². The molecule has 2 heterocycles. The van der Waals surface area contributed by atoms with Crippen LogP contribution in [0.3, 0.4) is 0 Å². The summed E-state index contributed by atoms with van der Waals surface area (Å²) in [6.45, 7) is 4.76. The van der Waals surface area contributed by atoms with Crippen LogP contribution >= 0.6 is 0 Å². The Labute approximate surface area is 126 Å². The van der Waals surface area contributed by atoms with Crippen molar-refractivity contribution in [3.05, 3.63) is 24.2 Å². The molecule has 0 unspecified atom stereocenters. The molecule has 1 saturated carbocycles. The molecule has 1 aliphatic carbocycles. The van der Waals surface area contributed by atoms with Crippen molar-refractivity contribution >= 4 is 5.91 Å². The number of carbonyl (C=O) groups excluding carboxylic acids is 1. The Morgan fingerprint density at radius 2 is 1.95 bits per heavy atom. The molecule has 1 saturated heterocycles. The van der Waals surface area contributed by atoms with E-state index in [0.717, 1.165) is 64.2 Å². The van der Waals surface area contributed by atoms with Gasteiger partial charge in [0.1, 0.15) is 5.76 Å². The summed E-state index contributed by atoms with van der Waals surface area (Å²) in [6.07, 6.45) is 5.92. The van der Waals surface area contributed by atoms with Crippen molar-refractivity contribution in [3.63, 3.8) is 0 Å². The summed E-state index contributed by atoms with van der Waals surface area (Å²) >= 11 is 0. The van der Waals surface area contributed by atoms with E-state index < -0.39 is 0 Å². The summed E-state index contributed by atoms with van der Waals surface area (Å²) in [5, 5.41) is 0. The molecule has 1 aromatic rings. The highest BCUT2D eigenvalue weighted by atomic mass is 16.3. The van der Waals surface area contributed by atoms with Gasteiger partial charge in [-0.1, -0.05) is 12.8 Å². The van der Waals surface area contributed by atoms with E-state index in [1.54, 1.807) is 6.26 Å². The molecule has 5 nitrogen and oxygen atoms in total. The SMILES string of the molecule is NCC1(C(=O)N2CCN(Cc3ccco3)CC2)CCCC1. The van der Waals surface area contributed by atoms with Crippen molar-refractivity contribution < 1.29 is 9.21 Å². The van der Waals surface area contributed by atoms with Crippen LogP contribution in [-0.2, 0) is 11.3 Å². The van der Waals surface area contributed by atoms with Gasteiger partial charge >= 0.3 is 0 Å². The van der Waals surface area contributed by atoms with Crippen LogP contribution in [0.4, 0.5) is 0 Å². The van der Waals surface area contributed by atoms with Gasteiger partial charge in [-0.3, -0.25) is 9.69 Å². The lowest BCUT2D eigenvalue weighted by molar-refractivity contribution is -0.143. The molecule has 21 heavy (non-hydrogen) atoms. The second-order valence-corrected chi connectivity index (χ2v) is 6.34. The van der Waals surface area contributed by atoms with Gasteiger partial charge in [-0.2, -0.15) is 0 Å². The molecule has 1 aliphatic heterocycles. The molecule has 0 radical (unpaired) electrons. The highest BCUT2D eigenvalue weighted by molar-refractivity contribution is 5.83. The van der Waals surface area contributed by atoms with Crippen LogP contribution in [0, 0.1) is 5.41 Å². The van der Waals surface area contributed by atoms with Crippen molar-refractivity contribution in [1.29, 1.82) is 0 Å². The molecule has 0 spiro atoms. The molecule has 2 aliphatic rings. The fourth-order valence-electron chi connectivity index (χ4n) is 3.62. The van der Waals surface area contributed by atoms with Gasteiger partial charge in [0.15, 0.2) is 0 Å². The standard InChI is InChI=1S/C16H25N3O2/c17-13-16(5-1-2-6-16)15(20)19-9-7-18(8-10-19)12-14-4-3-11-21-14/h3-4,11H,1-2,5-10,12-13,17H2. The van der Waals surface area contributed by atoms with Crippen molar-refractivity contribution in [3.8, 4) is 0 Å². The zero-order valence-electron chi connectivity index (χ0n) is 12.6. The number of furan rings is 1. The Balaban J connectivity index is 1.54. The average molecular weight is 291 g/mol. The van der Waals surface area contributed by atoms with Crippen LogP contribution in [0.5, 0.6) is 0 Å². The second kappa shape index (κ2) is 6.20. The summed E-state index contributed by atoms with van der Waals surface area (Å²) < 4.78 is 5.39. The van der Waals surface area contributed by atoms with Crippen LogP contribution in [0.1, 0.15) is 31.4 Å². The van der Waals surface area contributed by atoms with E-state index in [1.165, 1.54) is 0 Å². The molecule has 5 heteroatoms. The fraction of sp³-hybridized carbons (Fsp3) is 0.688. The fourth-order valence-corrected chi connectivity index (χ4v) is 3.62. The first-order chi connectivity index (χ1) is 10.2.